The summed E-state index contributed by atoms with van der Waals surface area (Å²) in [5, 5.41) is 23.7. The molecule has 1 aromatic rings. The summed E-state index contributed by atoms with van der Waals surface area (Å²) in [4.78, 5) is 10.3. The van der Waals surface area contributed by atoms with Gasteiger partial charge in [0.05, 0.1) is 16.6 Å². The van der Waals surface area contributed by atoms with Crippen molar-refractivity contribution in [3.63, 3.8) is 0 Å². The number of aliphatic hydroxyl groups excluding tert-OH is 1. The van der Waals surface area contributed by atoms with Gasteiger partial charge >= 0.3 is 0 Å². The van der Waals surface area contributed by atoms with Gasteiger partial charge in [-0.3, -0.25) is 10.1 Å². The summed E-state index contributed by atoms with van der Waals surface area (Å²) in [6.07, 6.45) is -0.743. The molecule has 0 spiro atoms. The molecule has 0 radical (unpaired) electrons. The molecule has 0 saturated carbocycles. The number of hydrogen-bond donors (Lipinski definition) is 2. The van der Waals surface area contributed by atoms with Crippen LogP contribution < -0.4 is 5.32 Å². The zero-order chi connectivity index (χ0) is 10.8. The van der Waals surface area contributed by atoms with E-state index in [1.165, 1.54) is 6.07 Å². The van der Waals surface area contributed by atoms with Crippen LogP contribution in [0.4, 0.5) is 5.69 Å². The van der Waals surface area contributed by atoms with E-state index in [2.05, 4.69) is 5.32 Å². The number of hydrogen-bond acceptors (Lipinski definition) is 4. The third-order valence-corrected chi connectivity index (χ3v) is 2.71. The minimum absolute atomic E-state index is 0.00287. The highest BCUT2D eigenvalue weighted by atomic mass is 16.6. The van der Waals surface area contributed by atoms with Crippen LogP contribution >= 0.6 is 0 Å². The van der Waals surface area contributed by atoms with Gasteiger partial charge in [-0.2, -0.15) is 0 Å². The molecule has 2 N–H and O–H groups in total. The third-order valence-electron chi connectivity index (χ3n) is 2.71. The summed E-state index contributed by atoms with van der Waals surface area (Å²) in [5.74, 6) is 0.0890. The molecule has 0 aliphatic carbocycles. The Hall–Kier alpha value is -1.46. The lowest BCUT2D eigenvalue weighted by Crippen LogP contribution is -2.45. The van der Waals surface area contributed by atoms with Crippen LogP contribution in [0.15, 0.2) is 24.3 Å². The topological polar surface area (TPSA) is 75.4 Å². The van der Waals surface area contributed by atoms with Crippen LogP contribution in [0.1, 0.15) is 11.7 Å². The fourth-order valence-corrected chi connectivity index (χ4v) is 1.69. The smallest absolute Gasteiger partial charge is 0.275 e. The summed E-state index contributed by atoms with van der Waals surface area (Å²) >= 11 is 0. The lowest BCUT2D eigenvalue weighted by molar-refractivity contribution is -0.386. The molecule has 0 aromatic heterocycles. The molecule has 1 fully saturated rings. The highest BCUT2D eigenvalue weighted by molar-refractivity contribution is 5.41. The number of aliphatic hydroxyl groups is 1. The zero-order valence-corrected chi connectivity index (χ0v) is 8.09. The van der Waals surface area contributed by atoms with Crippen molar-refractivity contribution >= 4 is 5.69 Å². The molecule has 80 valence electrons. The van der Waals surface area contributed by atoms with Crippen molar-refractivity contribution in [3.05, 3.63) is 39.9 Å². The van der Waals surface area contributed by atoms with Gasteiger partial charge in [-0.25, -0.2) is 0 Å². The summed E-state index contributed by atoms with van der Waals surface area (Å²) in [7, 11) is 0. The Morgan fingerprint density at radius 2 is 2.13 bits per heavy atom. The van der Waals surface area contributed by atoms with Gasteiger partial charge in [-0.15, -0.1) is 0 Å². The second-order valence-corrected chi connectivity index (χ2v) is 3.68. The van der Waals surface area contributed by atoms with Crippen LogP contribution in [-0.4, -0.2) is 23.1 Å². The minimum atomic E-state index is -0.743. The van der Waals surface area contributed by atoms with E-state index in [1.807, 2.05) is 0 Å². The second kappa shape index (κ2) is 3.96. The molecule has 1 unspecified atom stereocenters. The van der Waals surface area contributed by atoms with Crippen LogP contribution in [0.5, 0.6) is 0 Å². The first-order valence-corrected chi connectivity index (χ1v) is 4.82. The SMILES string of the molecule is O=[N+]([O-])c1ccccc1C(O)C1CNC1. The Morgan fingerprint density at radius 3 is 2.67 bits per heavy atom. The maximum absolute atomic E-state index is 10.7. The number of para-hydroxylation sites is 1. The molecule has 5 heteroatoms. The van der Waals surface area contributed by atoms with Crippen molar-refractivity contribution in [2.24, 2.45) is 5.92 Å². The van der Waals surface area contributed by atoms with Crippen LogP contribution in [0.25, 0.3) is 0 Å². The molecule has 2 rings (SSSR count). The Labute approximate surface area is 86.9 Å². The largest absolute Gasteiger partial charge is 0.388 e. The summed E-state index contributed by atoms with van der Waals surface area (Å²) in [6, 6.07) is 6.34. The normalized spacial score (nSPS) is 18.2. The van der Waals surface area contributed by atoms with Gasteiger partial charge in [0, 0.05) is 25.1 Å². The predicted molar refractivity (Wildman–Crippen MR) is 54.4 cm³/mol. The zero-order valence-electron chi connectivity index (χ0n) is 8.09. The van der Waals surface area contributed by atoms with Gasteiger partial charge in [0.15, 0.2) is 0 Å². The van der Waals surface area contributed by atoms with Crippen molar-refractivity contribution in [2.75, 3.05) is 13.1 Å². The number of nitro benzene ring substituents is 1. The van der Waals surface area contributed by atoms with Crippen LogP contribution in [0, 0.1) is 16.0 Å². The van der Waals surface area contributed by atoms with Gasteiger partial charge in [-0.1, -0.05) is 12.1 Å². The molecule has 1 aliphatic rings. The van der Waals surface area contributed by atoms with Crippen molar-refractivity contribution in [2.45, 2.75) is 6.10 Å². The molecule has 0 bridgehead atoms. The van der Waals surface area contributed by atoms with E-state index in [0.717, 1.165) is 0 Å². The Morgan fingerprint density at radius 1 is 1.47 bits per heavy atom. The van der Waals surface area contributed by atoms with E-state index in [0.29, 0.717) is 18.7 Å². The van der Waals surface area contributed by atoms with Gasteiger partial charge in [-0.05, 0) is 6.07 Å². The van der Waals surface area contributed by atoms with E-state index >= 15 is 0 Å². The molecule has 1 aromatic carbocycles. The second-order valence-electron chi connectivity index (χ2n) is 3.68. The fourth-order valence-electron chi connectivity index (χ4n) is 1.69. The molecule has 5 nitrogen and oxygen atoms in total. The monoisotopic (exact) mass is 208 g/mol. The summed E-state index contributed by atoms with van der Waals surface area (Å²) in [5.41, 5.74) is 0.408. The van der Waals surface area contributed by atoms with Crippen molar-refractivity contribution in [1.29, 1.82) is 0 Å². The van der Waals surface area contributed by atoms with E-state index in [1.54, 1.807) is 18.2 Å². The van der Waals surface area contributed by atoms with Crippen molar-refractivity contribution in [3.8, 4) is 0 Å². The molecule has 1 aliphatic heterocycles. The average Bonchev–Trinajstić information content (AvgIpc) is 2.15. The van der Waals surface area contributed by atoms with E-state index in [4.69, 9.17) is 0 Å². The number of nitro groups is 1. The Kier molecular flexibility index (Phi) is 2.66. The average molecular weight is 208 g/mol. The molecule has 1 saturated heterocycles. The Bertz CT molecular complexity index is 377. The van der Waals surface area contributed by atoms with Gasteiger partial charge in [0.1, 0.15) is 0 Å². The van der Waals surface area contributed by atoms with Crippen LogP contribution in [-0.2, 0) is 0 Å². The number of nitrogens with one attached hydrogen (secondary N) is 1. The molecule has 0 amide bonds. The number of rotatable bonds is 3. The maximum Gasteiger partial charge on any atom is 0.275 e. The first-order valence-electron chi connectivity index (χ1n) is 4.82. The van der Waals surface area contributed by atoms with Gasteiger partial charge < -0.3 is 10.4 Å². The van der Waals surface area contributed by atoms with Crippen molar-refractivity contribution < 1.29 is 10.0 Å². The molecular weight excluding hydrogens is 196 g/mol. The molecule has 1 atom stereocenters. The number of nitrogens with zero attached hydrogens (tertiary/aromatic N) is 1. The van der Waals surface area contributed by atoms with E-state index in [9.17, 15) is 15.2 Å². The van der Waals surface area contributed by atoms with Gasteiger partial charge in [0.2, 0.25) is 0 Å². The standard InChI is InChI=1S/C10H12N2O3/c13-10(7-5-11-6-7)8-3-1-2-4-9(8)12(14)15/h1-4,7,10-11,13H,5-6H2. The van der Waals surface area contributed by atoms with Crippen molar-refractivity contribution in [1.82, 2.24) is 5.32 Å². The molecule has 1 heterocycles. The summed E-state index contributed by atoms with van der Waals surface area (Å²) < 4.78 is 0. The maximum atomic E-state index is 10.7. The fraction of sp³-hybridized carbons (Fsp3) is 0.400. The lowest BCUT2D eigenvalue weighted by atomic mass is 9.90. The highest BCUT2D eigenvalue weighted by Crippen LogP contribution is 2.31. The molecular formula is C10H12N2O3. The quantitative estimate of drug-likeness (QED) is 0.570. The predicted octanol–water partition coefficient (Wildman–Crippen LogP) is 0.848. The highest BCUT2D eigenvalue weighted by Gasteiger charge is 2.30. The Balaban J connectivity index is 2.29. The van der Waals surface area contributed by atoms with E-state index in [-0.39, 0.29) is 11.6 Å². The lowest BCUT2D eigenvalue weighted by Gasteiger charge is -2.31. The summed E-state index contributed by atoms with van der Waals surface area (Å²) in [6.45, 7) is 1.43. The first-order chi connectivity index (χ1) is 7.20. The minimum Gasteiger partial charge on any atom is -0.388 e. The molecule has 15 heavy (non-hydrogen) atoms. The van der Waals surface area contributed by atoms with Gasteiger partial charge in [0.25, 0.3) is 5.69 Å². The van der Waals surface area contributed by atoms with Crippen LogP contribution in [0.3, 0.4) is 0 Å². The van der Waals surface area contributed by atoms with Crippen LogP contribution in [0.2, 0.25) is 0 Å². The third kappa shape index (κ3) is 1.84. The van der Waals surface area contributed by atoms with E-state index < -0.39 is 11.0 Å². The number of benzene rings is 1. The first kappa shape index (κ1) is 10.1.